The minimum Gasteiger partial charge on any atom is -0.388 e. The van der Waals surface area contributed by atoms with Crippen LogP contribution in [0.3, 0.4) is 0 Å². The van der Waals surface area contributed by atoms with Gasteiger partial charge in [0.25, 0.3) is 0 Å². The number of ether oxygens (including phenoxy) is 1. The van der Waals surface area contributed by atoms with E-state index in [9.17, 15) is 5.11 Å². The van der Waals surface area contributed by atoms with Gasteiger partial charge in [0.2, 0.25) is 0 Å². The van der Waals surface area contributed by atoms with Crippen molar-refractivity contribution < 1.29 is 9.84 Å². The van der Waals surface area contributed by atoms with E-state index in [2.05, 4.69) is 16.1 Å². The molecule has 0 aromatic carbocycles. The first-order chi connectivity index (χ1) is 12.6. The minimum atomic E-state index is -0.471. The molecule has 0 fully saturated rings. The van der Waals surface area contributed by atoms with E-state index in [1.54, 1.807) is 29.3 Å². The van der Waals surface area contributed by atoms with Crippen molar-refractivity contribution in [2.45, 2.75) is 18.9 Å². The summed E-state index contributed by atoms with van der Waals surface area (Å²) in [5, 5.41) is 16.7. The Morgan fingerprint density at radius 2 is 2.15 bits per heavy atom. The van der Waals surface area contributed by atoms with Crippen molar-refractivity contribution in [2.75, 3.05) is 13.7 Å². The molecule has 7 heteroatoms. The number of methoxy groups -OCH3 is 1. The Morgan fingerprint density at radius 3 is 3.00 bits per heavy atom. The van der Waals surface area contributed by atoms with Crippen LogP contribution in [0.15, 0.2) is 36.7 Å². The van der Waals surface area contributed by atoms with Gasteiger partial charge in [-0.25, -0.2) is 9.97 Å². The van der Waals surface area contributed by atoms with Gasteiger partial charge in [-0.15, -0.1) is 11.3 Å². The Labute approximate surface area is 155 Å². The molecule has 4 heterocycles. The fourth-order valence-electron chi connectivity index (χ4n) is 3.00. The Hall–Kier alpha value is -2.35. The predicted molar refractivity (Wildman–Crippen MR) is 103 cm³/mol. The third-order valence-electron chi connectivity index (χ3n) is 4.33. The van der Waals surface area contributed by atoms with Crippen molar-refractivity contribution >= 4 is 32.6 Å². The number of hydrogen-bond acceptors (Lipinski definition) is 6. The van der Waals surface area contributed by atoms with Gasteiger partial charge in [-0.2, -0.15) is 5.10 Å². The second-order valence-electron chi connectivity index (χ2n) is 6.33. The average molecular weight is 368 g/mol. The lowest BCUT2D eigenvalue weighted by molar-refractivity contribution is 0.138. The highest BCUT2D eigenvalue weighted by Gasteiger charge is 2.13. The van der Waals surface area contributed by atoms with Gasteiger partial charge < -0.3 is 9.84 Å². The lowest BCUT2D eigenvalue weighted by atomic mass is 10.1. The van der Waals surface area contributed by atoms with Crippen molar-refractivity contribution in [3.8, 4) is 11.3 Å². The summed E-state index contributed by atoms with van der Waals surface area (Å²) in [5.74, 6) is 0. The highest BCUT2D eigenvalue weighted by molar-refractivity contribution is 7.18. The second-order valence-corrected chi connectivity index (χ2v) is 7.39. The lowest BCUT2D eigenvalue weighted by Gasteiger charge is -2.06. The van der Waals surface area contributed by atoms with Crippen molar-refractivity contribution in [1.29, 1.82) is 0 Å². The van der Waals surface area contributed by atoms with Crippen LogP contribution in [0.2, 0.25) is 0 Å². The fraction of sp³-hybridized carbons (Fsp3) is 0.316. The summed E-state index contributed by atoms with van der Waals surface area (Å²) >= 11 is 1.54. The van der Waals surface area contributed by atoms with Crippen molar-refractivity contribution in [2.24, 2.45) is 7.05 Å². The molecular formula is C19H20N4O2S. The molecular weight excluding hydrogens is 348 g/mol. The van der Waals surface area contributed by atoms with Crippen LogP contribution in [-0.4, -0.2) is 38.6 Å². The molecule has 0 aliphatic rings. The summed E-state index contributed by atoms with van der Waals surface area (Å²) in [6.45, 7) is 0.661. The van der Waals surface area contributed by atoms with Crippen molar-refractivity contribution in [1.82, 2.24) is 19.7 Å². The van der Waals surface area contributed by atoms with Gasteiger partial charge in [-0.3, -0.25) is 4.68 Å². The van der Waals surface area contributed by atoms with E-state index in [0.29, 0.717) is 13.0 Å². The maximum Gasteiger partial charge on any atom is 0.181 e. The van der Waals surface area contributed by atoms with E-state index < -0.39 is 6.10 Å². The normalized spacial score (nSPS) is 12.9. The van der Waals surface area contributed by atoms with E-state index in [4.69, 9.17) is 9.72 Å². The molecule has 0 aliphatic carbocycles. The zero-order valence-electron chi connectivity index (χ0n) is 14.7. The van der Waals surface area contributed by atoms with Crippen LogP contribution in [0.4, 0.5) is 0 Å². The van der Waals surface area contributed by atoms with Crippen LogP contribution in [0, 0.1) is 0 Å². The molecule has 1 unspecified atom stereocenters. The van der Waals surface area contributed by atoms with Gasteiger partial charge in [0.1, 0.15) is 4.83 Å². The van der Waals surface area contributed by atoms with Crippen molar-refractivity contribution in [3.05, 3.63) is 41.5 Å². The average Bonchev–Trinajstić information content (AvgIpc) is 3.22. The number of thiophene rings is 1. The van der Waals surface area contributed by atoms with Gasteiger partial charge in [0, 0.05) is 54.4 Å². The quantitative estimate of drug-likeness (QED) is 0.525. The summed E-state index contributed by atoms with van der Waals surface area (Å²) in [5.41, 5.74) is 2.57. The van der Waals surface area contributed by atoms with Gasteiger partial charge in [0.15, 0.2) is 5.65 Å². The van der Waals surface area contributed by atoms with Gasteiger partial charge in [-0.05, 0) is 37.1 Å². The molecule has 1 N–H and O–H groups in total. The second kappa shape index (κ2) is 7.11. The molecule has 0 saturated heterocycles. The first kappa shape index (κ1) is 17.1. The van der Waals surface area contributed by atoms with E-state index in [-0.39, 0.29) is 0 Å². The molecule has 0 spiro atoms. The largest absolute Gasteiger partial charge is 0.388 e. The number of nitrogens with zero attached hydrogens (tertiary/aromatic N) is 4. The molecule has 1 atom stereocenters. The number of aliphatic hydroxyl groups excluding tert-OH is 1. The summed E-state index contributed by atoms with van der Waals surface area (Å²) in [6.07, 6.45) is 4.80. The maximum absolute atomic E-state index is 10.4. The Kier molecular flexibility index (Phi) is 4.67. The topological polar surface area (TPSA) is 73.1 Å². The third-order valence-corrected chi connectivity index (χ3v) is 5.47. The summed E-state index contributed by atoms with van der Waals surface area (Å²) < 4.78 is 6.81. The predicted octanol–water partition coefficient (Wildman–Crippen LogP) is 3.71. The first-order valence-corrected chi connectivity index (χ1v) is 9.33. The van der Waals surface area contributed by atoms with Gasteiger partial charge in [0.05, 0.1) is 11.8 Å². The Morgan fingerprint density at radius 1 is 1.27 bits per heavy atom. The lowest BCUT2D eigenvalue weighted by Crippen LogP contribution is -1.97. The van der Waals surface area contributed by atoms with Gasteiger partial charge in [-0.1, -0.05) is 0 Å². The van der Waals surface area contributed by atoms with Crippen LogP contribution in [0.5, 0.6) is 0 Å². The van der Waals surface area contributed by atoms with Crippen LogP contribution in [0.1, 0.15) is 23.8 Å². The summed E-state index contributed by atoms with van der Waals surface area (Å²) in [7, 11) is 3.56. The van der Waals surface area contributed by atoms with E-state index >= 15 is 0 Å². The van der Waals surface area contributed by atoms with Gasteiger partial charge >= 0.3 is 0 Å². The molecule has 4 aromatic rings. The summed E-state index contributed by atoms with van der Waals surface area (Å²) in [4.78, 5) is 11.1. The molecule has 0 aliphatic heterocycles. The number of aliphatic hydroxyl groups is 1. The number of rotatable bonds is 6. The molecule has 4 aromatic heterocycles. The molecule has 26 heavy (non-hydrogen) atoms. The van der Waals surface area contributed by atoms with Crippen LogP contribution >= 0.6 is 11.3 Å². The van der Waals surface area contributed by atoms with E-state index in [0.717, 1.165) is 43.8 Å². The monoisotopic (exact) mass is 368 g/mol. The number of fused-ring (bicyclic) bond motifs is 2. The molecule has 134 valence electrons. The third kappa shape index (κ3) is 3.33. The molecule has 6 nitrogen and oxygen atoms in total. The highest BCUT2D eigenvalue weighted by atomic mass is 32.1. The number of aromatic nitrogens is 4. The zero-order valence-corrected chi connectivity index (χ0v) is 15.5. The van der Waals surface area contributed by atoms with Crippen molar-refractivity contribution in [3.63, 3.8) is 0 Å². The first-order valence-electron chi connectivity index (χ1n) is 8.51. The van der Waals surface area contributed by atoms with E-state index in [1.165, 1.54) is 0 Å². The smallest absolute Gasteiger partial charge is 0.181 e. The minimum absolute atomic E-state index is 0.471. The molecule has 0 radical (unpaired) electrons. The van der Waals surface area contributed by atoms with Crippen LogP contribution < -0.4 is 0 Å². The highest BCUT2D eigenvalue weighted by Crippen LogP contribution is 2.32. The molecule has 4 rings (SSSR count). The standard InChI is InChI=1S/C19H20N4O2S/c1-23-11-14-8-13(10-20-18(14)22-23)15-6-5-12-9-17(26-19(12)21-15)16(24)4-3-7-25-2/h5-6,8-11,16,24H,3-4,7H2,1-2H3. The zero-order chi connectivity index (χ0) is 18.1. The number of aryl methyl sites for hydroxylation is 1. The molecule has 0 saturated carbocycles. The number of hydrogen-bond donors (Lipinski definition) is 1. The molecule has 0 amide bonds. The maximum atomic E-state index is 10.4. The molecule has 0 bridgehead atoms. The Balaban J connectivity index is 1.63. The SMILES string of the molecule is COCCCC(O)c1cc2ccc(-c3cnc4nn(C)cc4c3)nc2s1. The van der Waals surface area contributed by atoms with Crippen LogP contribution in [0.25, 0.3) is 32.5 Å². The fourth-order valence-corrected chi connectivity index (χ4v) is 4.05. The van der Waals surface area contributed by atoms with Crippen LogP contribution in [-0.2, 0) is 11.8 Å². The Bertz CT molecular complexity index is 1060. The number of pyridine rings is 2. The summed E-state index contributed by atoms with van der Waals surface area (Å²) in [6, 6.07) is 8.12. The van der Waals surface area contributed by atoms with E-state index in [1.807, 2.05) is 31.4 Å².